The number of hydrogen-bond acceptors (Lipinski definition) is 3. The number of aromatic nitrogens is 1. The van der Waals surface area contributed by atoms with Gasteiger partial charge in [0.05, 0.1) is 10.3 Å². The van der Waals surface area contributed by atoms with Gasteiger partial charge in [0.25, 0.3) is 0 Å². The molecule has 0 unspecified atom stereocenters. The Morgan fingerprint density at radius 2 is 1.79 bits per heavy atom. The van der Waals surface area contributed by atoms with E-state index in [0.717, 1.165) is 16.5 Å². The summed E-state index contributed by atoms with van der Waals surface area (Å²) in [7, 11) is -1.35. The fourth-order valence-corrected chi connectivity index (χ4v) is 2.56. The van der Waals surface area contributed by atoms with Crippen LogP contribution >= 0.6 is 0 Å². The maximum Gasteiger partial charge on any atom is 0.419 e. The first-order valence-corrected chi connectivity index (χ1v) is 8.89. The molecule has 0 spiro atoms. The summed E-state index contributed by atoms with van der Waals surface area (Å²) in [6.07, 6.45) is 2.78. The molecule has 5 nitrogen and oxygen atoms in total. The van der Waals surface area contributed by atoms with Crippen LogP contribution in [-0.4, -0.2) is 31.4 Å². The predicted molar refractivity (Wildman–Crippen MR) is 99.1 cm³/mol. The Morgan fingerprint density at radius 3 is 2.38 bits per heavy atom. The van der Waals surface area contributed by atoms with Gasteiger partial charge in [-0.05, 0) is 47.6 Å². The van der Waals surface area contributed by atoms with Crippen molar-refractivity contribution in [1.29, 1.82) is 0 Å². The van der Waals surface area contributed by atoms with Gasteiger partial charge in [-0.3, -0.25) is 4.57 Å². The molecule has 1 atom stereocenters. The average molecular weight is 348 g/mol. The summed E-state index contributed by atoms with van der Waals surface area (Å²) in [6.45, 7) is 11.1. The number of para-hydroxylation sites is 1. The molecule has 0 amide bonds. The van der Waals surface area contributed by atoms with Crippen LogP contribution in [0.2, 0.25) is 0 Å². The zero-order chi connectivity index (χ0) is 18.1. The lowest BCUT2D eigenvalue weighted by Gasteiger charge is -2.19. The van der Waals surface area contributed by atoms with E-state index >= 15 is 0 Å². The van der Waals surface area contributed by atoms with Gasteiger partial charge in [0.2, 0.25) is 0 Å². The van der Waals surface area contributed by atoms with Gasteiger partial charge in [0.1, 0.15) is 16.6 Å². The van der Waals surface area contributed by atoms with Gasteiger partial charge in [-0.2, -0.15) is 4.40 Å². The highest BCUT2D eigenvalue weighted by Crippen LogP contribution is 2.22. The van der Waals surface area contributed by atoms with E-state index in [2.05, 4.69) is 4.40 Å². The minimum Gasteiger partial charge on any atom is -0.443 e. The molecule has 1 heterocycles. The average Bonchev–Trinajstić information content (AvgIpc) is 2.81. The van der Waals surface area contributed by atoms with Gasteiger partial charge < -0.3 is 4.74 Å². The van der Waals surface area contributed by atoms with Crippen LogP contribution in [0.25, 0.3) is 10.9 Å². The molecule has 0 fully saturated rings. The van der Waals surface area contributed by atoms with Crippen molar-refractivity contribution in [2.75, 3.05) is 0 Å². The molecule has 6 heteroatoms. The van der Waals surface area contributed by atoms with E-state index in [9.17, 15) is 9.00 Å². The number of hydrogen-bond donors (Lipinski definition) is 0. The van der Waals surface area contributed by atoms with Crippen LogP contribution in [-0.2, 0) is 15.7 Å². The Labute approximate surface area is 145 Å². The Bertz CT molecular complexity index is 808. The summed E-state index contributed by atoms with van der Waals surface area (Å²) in [4.78, 5) is 12.4. The smallest absolute Gasteiger partial charge is 0.419 e. The predicted octanol–water partition coefficient (Wildman–Crippen LogP) is 4.31. The summed E-state index contributed by atoms with van der Waals surface area (Å²) in [5, 5.41) is 0.859. The maximum absolute atomic E-state index is 12.4. The van der Waals surface area contributed by atoms with E-state index in [1.807, 2.05) is 65.8 Å². The summed E-state index contributed by atoms with van der Waals surface area (Å²) in [5.74, 6) is 0. The molecule has 0 aliphatic carbocycles. The van der Waals surface area contributed by atoms with Crippen molar-refractivity contribution in [3.63, 3.8) is 0 Å². The molecule has 24 heavy (non-hydrogen) atoms. The van der Waals surface area contributed by atoms with Gasteiger partial charge in [0, 0.05) is 23.4 Å². The van der Waals surface area contributed by atoms with Crippen LogP contribution < -0.4 is 0 Å². The number of ether oxygens (including phenoxy) is 1. The third-order valence-electron chi connectivity index (χ3n) is 3.14. The van der Waals surface area contributed by atoms with E-state index in [1.54, 1.807) is 12.4 Å². The number of fused-ring (bicyclic) bond motifs is 1. The van der Waals surface area contributed by atoms with Crippen LogP contribution in [0.3, 0.4) is 0 Å². The molecule has 1 aromatic carbocycles. The number of carbonyl (C=O) groups is 1. The SMILES string of the molecule is CC(C)(C)OC(=O)n1cc(/C=N/[S@@](=O)C(C)(C)C)c2ccccc21. The molecule has 0 saturated carbocycles. The standard InChI is InChI=1S/C18H24N2O3S/c1-17(2,3)23-16(21)20-12-13(11-19-24(22)18(4,5)6)14-9-7-8-10-15(14)20/h7-12H,1-6H3/b19-11+/t24-/m0/s1. The lowest BCUT2D eigenvalue weighted by atomic mass is 10.2. The fourth-order valence-electron chi connectivity index (χ4n) is 2.03. The third-order valence-corrected chi connectivity index (χ3v) is 4.49. The highest BCUT2D eigenvalue weighted by molar-refractivity contribution is 7.85. The molecule has 130 valence electrons. The summed E-state index contributed by atoms with van der Waals surface area (Å²) < 4.78 is 22.7. The zero-order valence-electron chi connectivity index (χ0n) is 15.0. The van der Waals surface area contributed by atoms with Crippen molar-refractivity contribution in [1.82, 2.24) is 4.57 Å². The van der Waals surface area contributed by atoms with Crippen molar-refractivity contribution in [3.05, 3.63) is 36.0 Å². The van der Waals surface area contributed by atoms with Crippen LogP contribution in [0.15, 0.2) is 34.9 Å². The Balaban J connectivity index is 2.45. The second-order valence-electron chi connectivity index (χ2n) is 7.55. The van der Waals surface area contributed by atoms with E-state index in [1.165, 1.54) is 4.57 Å². The second-order valence-corrected chi connectivity index (χ2v) is 9.48. The summed E-state index contributed by atoms with van der Waals surface area (Å²) >= 11 is 0. The molecule has 0 saturated heterocycles. The third kappa shape index (κ3) is 4.32. The Hall–Kier alpha value is -1.95. The van der Waals surface area contributed by atoms with Gasteiger partial charge in [-0.1, -0.05) is 18.2 Å². The number of carbonyl (C=O) groups excluding carboxylic acids is 1. The van der Waals surface area contributed by atoms with Gasteiger partial charge in [-0.25, -0.2) is 9.00 Å². The molecule has 0 bridgehead atoms. The Morgan fingerprint density at radius 1 is 1.17 bits per heavy atom. The molecular formula is C18H24N2O3S. The van der Waals surface area contributed by atoms with Gasteiger partial charge >= 0.3 is 6.09 Å². The van der Waals surface area contributed by atoms with Gasteiger partial charge in [0.15, 0.2) is 0 Å². The Kier molecular flexibility index (Phi) is 4.99. The summed E-state index contributed by atoms with van der Waals surface area (Å²) in [6, 6.07) is 7.49. The highest BCUT2D eigenvalue weighted by atomic mass is 32.2. The largest absolute Gasteiger partial charge is 0.443 e. The van der Waals surface area contributed by atoms with Crippen molar-refractivity contribution >= 4 is 34.2 Å². The maximum atomic E-state index is 12.4. The number of rotatable bonds is 2. The second kappa shape index (κ2) is 6.51. The van der Waals surface area contributed by atoms with Crippen molar-refractivity contribution in [2.24, 2.45) is 4.40 Å². The van der Waals surface area contributed by atoms with Crippen LogP contribution in [0, 0.1) is 0 Å². The molecule has 2 aromatic rings. The molecule has 0 aliphatic heterocycles. The molecule has 1 aromatic heterocycles. The normalized spacial score (nSPS) is 14.2. The van der Waals surface area contributed by atoms with E-state index in [0.29, 0.717) is 0 Å². The minimum atomic E-state index is -1.35. The summed E-state index contributed by atoms with van der Waals surface area (Å²) in [5.41, 5.74) is 0.883. The monoisotopic (exact) mass is 348 g/mol. The lowest BCUT2D eigenvalue weighted by molar-refractivity contribution is 0.0544. The lowest BCUT2D eigenvalue weighted by Crippen LogP contribution is -2.26. The first kappa shape index (κ1) is 18.4. The van der Waals surface area contributed by atoms with E-state index < -0.39 is 27.4 Å². The molecule has 0 radical (unpaired) electrons. The first-order valence-electron chi connectivity index (χ1n) is 7.78. The van der Waals surface area contributed by atoms with E-state index in [-0.39, 0.29) is 0 Å². The van der Waals surface area contributed by atoms with Crippen molar-refractivity contribution in [3.8, 4) is 0 Å². The molecule has 0 aliphatic rings. The van der Waals surface area contributed by atoms with E-state index in [4.69, 9.17) is 4.74 Å². The van der Waals surface area contributed by atoms with Crippen LogP contribution in [0.4, 0.5) is 4.79 Å². The number of nitrogens with zero attached hydrogens (tertiary/aromatic N) is 2. The zero-order valence-corrected chi connectivity index (χ0v) is 15.8. The molecule has 2 rings (SSSR count). The van der Waals surface area contributed by atoms with Crippen LogP contribution in [0.1, 0.15) is 47.1 Å². The highest BCUT2D eigenvalue weighted by Gasteiger charge is 2.21. The number of benzene rings is 1. The minimum absolute atomic E-state index is 0.431. The quantitative estimate of drug-likeness (QED) is 0.760. The van der Waals surface area contributed by atoms with Crippen LogP contribution in [0.5, 0.6) is 0 Å². The topological polar surface area (TPSA) is 60.7 Å². The fraction of sp³-hybridized carbons (Fsp3) is 0.444. The van der Waals surface area contributed by atoms with Crippen molar-refractivity contribution in [2.45, 2.75) is 51.9 Å². The molecular weight excluding hydrogens is 324 g/mol. The van der Waals surface area contributed by atoms with Gasteiger partial charge in [-0.15, -0.1) is 0 Å². The van der Waals surface area contributed by atoms with Crippen molar-refractivity contribution < 1.29 is 13.7 Å². The molecule has 0 N–H and O–H groups in total. The first-order chi connectivity index (χ1) is 11.0.